The van der Waals surface area contributed by atoms with Gasteiger partial charge in [-0.25, -0.2) is 9.37 Å². The van der Waals surface area contributed by atoms with E-state index >= 15 is 0 Å². The minimum absolute atomic E-state index is 0.116. The Labute approximate surface area is 190 Å². The molecule has 2 N–H and O–H groups in total. The fourth-order valence-electron chi connectivity index (χ4n) is 2.95. The SMILES string of the molecule is CN(C)C(=O)c1ccc(Oc2nc(-c3cnc(N)s3)nc(N3CC[S+]([O-])CC3)n2)c(F)c1. The molecule has 1 aliphatic rings. The summed E-state index contributed by atoms with van der Waals surface area (Å²) in [6.07, 6.45) is 1.54. The zero-order valence-electron chi connectivity index (χ0n) is 17.3. The summed E-state index contributed by atoms with van der Waals surface area (Å²) in [5.74, 6) is 0.426. The van der Waals surface area contributed by atoms with Crippen LogP contribution in [-0.2, 0) is 11.2 Å². The van der Waals surface area contributed by atoms with Crippen LogP contribution in [0.3, 0.4) is 0 Å². The highest BCUT2D eigenvalue weighted by Gasteiger charge is 2.24. The number of carbonyl (C=O) groups excluding carboxylic acids is 1. The monoisotopic (exact) mass is 477 g/mol. The first-order valence-corrected chi connectivity index (χ1v) is 11.9. The Balaban J connectivity index is 1.67. The van der Waals surface area contributed by atoms with E-state index in [1.165, 1.54) is 34.6 Å². The summed E-state index contributed by atoms with van der Waals surface area (Å²) < 4.78 is 32.0. The van der Waals surface area contributed by atoms with E-state index in [2.05, 4.69) is 19.9 Å². The van der Waals surface area contributed by atoms with Crippen LogP contribution in [0.1, 0.15) is 10.4 Å². The van der Waals surface area contributed by atoms with E-state index in [0.29, 0.717) is 40.6 Å². The Morgan fingerprint density at radius 2 is 2.03 bits per heavy atom. The Bertz CT molecular complexity index is 1140. The number of benzene rings is 1. The lowest BCUT2D eigenvalue weighted by Gasteiger charge is -2.28. The van der Waals surface area contributed by atoms with Gasteiger partial charge in [-0.15, -0.1) is 0 Å². The molecule has 0 aliphatic carbocycles. The number of nitrogens with zero attached hydrogens (tertiary/aromatic N) is 6. The van der Waals surface area contributed by atoms with Gasteiger partial charge in [0.1, 0.15) is 11.5 Å². The number of anilines is 2. The molecule has 0 atom stereocenters. The van der Waals surface area contributed by atoms with Crippen LogP contribution in [0, 0.1) is 5.82 Å². The molecule has 2 aromatic heterocycles. The molecule has 13 heteroatoms. The second kappa shape index (κ2) is 9.22. The van der Waals surface area contributed by atoms with Gasteiger partial charge < -0.3 is 24.8 Å². The van der Waals surface area contributed by atoms with Gasteiger partial charge in [0.2, 0.25) is 5.95 Å². The smallest absolute Gasteiger partial charge is 0.327 e. The van der Waals surface area contributed by atoms with Crippen LogP contribution in [0.5, 0.6) is 11.8 Å². The summed E-state index contributed by atoms with van der Waals surface area (Å²) in [5, 5.41) is 0.352. The van der Waals surface area contributed by atoms with Crippen LogP contribution in [0.2, 0.25) is 0 Å². The number of carbonyl (C=O) groups is 1. The number of aromatic nitrogens is 4. The largest absolute Gasteiger partial charge is 0.616 e. The van der Waals surface area contributed by atoms with E-state index in [9.17, 15) is 13.7 Å². The van der Waals surface area contributed by atoms with Crippen LogP contribution in [0.4, 0.5) is 15.5 Å². The van der Waals surface area contributed by atoms with Crippen LogP contribution in [0.25, 0.3) is 10.7 Å². The maximum atomic E-state index is 14.6. The number of ether oxygens (including phenoxy) is 1. The van der Waals surface area contributed by atoms with Crippen LogP contribution < -0.4 is 15.4 Å². The summed E-state index contributed by atoms with van der Waals surface area (Å²) >= 11 is 0.326. The van der Waals surface area contributed by atoms with Crippen molar-refractivity contribution in [1.82, 2.24) is 24.8 Å². The molecule has 1 fully saturated rings. The number of halogens is 1. The zero-order valence-corrected chi connectivity index (χ0v) is 19.0. The van der Waals surface area contributed by atoms with Crippen molar-refractivity contribution in [2.24, 2.45) is 0 Å². The second-order valence-electron chi connectivity index (χ2n) is 7.09. The second-order valence-corrected chi connectivity index (χ2v) is 9.84. The maximum Gasteiger partial charge on any atom is 0.327 e. The highest BCUT2D eigenvalue weighted by molar-refractivity contribution is 7.91. The van der Waals surface area contributed by atoms with Crippen molar-refractivity contribution in [2.45, 2.75) is 0 Å². The van der Waals surface area contributed by atoms with E-state index in [1.54, 1.807) is 14.1 Å². The number of nitrogens with two attached hydrogens (primary N) is 1. The third-order valence-corrected chi connectivity index (χ3v) is 6.69. The Hall–Kier alpha value is -3.03. The van der Waals surface area contributed by atoms with Gasteiger partial charge in [0.05, 0.1) is 24.2 Å². The molecule has 0 spiro atoms. The third kappa shape index (κ3) is 4.89. The van der Waals surface area contributed by atoms with Gasteiger partial charge in [-0.2, -0.15) is 15.0 Å². The lowest BCUT2D eigenvalue weighted by molar-refractivity contribution is 0.0827. The molecule has 1 aliphatic heterocycles. The molecule has 3 heterocycles. The molecular weight excluding hydrogens is 457 g/mol. The first-order chi connectivity index (χ1) is 15.3. The molecule has 4 rings (SSSR count). The van der Waals surface area contributed by atoms with Crippen LogP contribution in [0.15, 0.2) is 24.4 Å². The predicted octanol–water partition coefficient (Wildman–Crippen LogP) is 1.78. The molecule has 0 saturated carbocycles. The number of hydrogen-bond acceptors (Lipinski definition) is 10. The standard InChI is InChI=1S/C19H20FN7O3S2/c1-26(2)16(28)11-3-4-13(12(20)9-11)30-19-24-15(14-10-22-17(21)31-14)23-18(25-19)27-5-7-32(29)8-6-27/h3-4,9-10H,5-8H2,1-2H3,(H2,21,22). The summed E-state index contributed by atoms with van der Waals surface area (Å²) in [6, 6.07) is 3.80. The van der Waals surface area contributed by atoms with Gasteiger partial charge >= 0.3 is 6.01 Å². The number of thiazole rings is 1. The van der Waals surface area contributed by atoms with Crippen LogP contribution >= 0.6 is 11.3 Å². The minimum atomic E-state index is -0.871. The molecule has 1 saturated heterocycles. The van der Waals surface area contributed by atoms with Crippen molar-refractivity contribution < 1.29 is 18.5 Å². The summed E-state index contributed by atoms with van der Waals surface area (Å²) in [5.41, 5.74) is 5.93. The van der Waals surface area contributed by atoms with Gasteiger partial charge in [-0.05, 0) is 18.2 Å². The molecular formula is C19H20FN7O3S2. The fraction of sp³-hybridized carbons (Fsp3) is 0.316. The fourth-order valence-corrected chi connectivity index (χ4v) is 4.62. The molecule has 10 nitrogen and oxygen atoms in total. The summed E-state index contributed by atoms with van der Waals surface area (Å²) in [6.45, 7) is 1.02. The van der Waals surface area contributed by atoms with E-state index in [1.807, 2.05) is 4.90 Å². The van der Waals surface area contributed by atoms with Crippen molar-refractivity contribution in [3.63, 3.8) is 0 Å². The van der Waals surface area contributed by atoms with E-state index in [0.717, 1.165) is 6.07 Å². The molecule has 168 valence electrons. The van der Waals surface area contributed by atoms with E-state index in [-0.39, 0.29) is 29.1 Å². The molecule has 1 amide bonds. The van der Waals surface area contributed by atoms with Gasteiger partial charge in [0.15, 0.2) is 22.5 Å². The van der Waals surface area contributed by atoms with Crippen molar-refractivity contribution in [3.05, 3.63) is 35.8 Å². The number of nitrogen functional groups attached to an aromatic ring is 1. The Kier molecular flexibility index (Phi) is 6.39. The predicted molar refractivity (Wildman–Crippen MR) is 120 cm³/mol. The third-order valence-electron chi connectivity index (χ3n) is 4.59. The molecule has 0 radical (unpaired) electrons. The quantitative estimate of drug-likeness (QED) is 0.546. The minimum Gasteiger partial charge on any atom is -0.616 e. The van der Waals surface area contributed by atoms with Crippen molar-refractivity contribution >= 4 is 39.5 Å². The Morgan fingerprint density at radius 1 is 1.28 bits per heavy atom. The zero-order chi connectivity index (χ0) is 22.8. The number of hydrogen-bond donors (Lipinski definition) is 1. The average Bonchev–Trinajstić information content (AvgIpc) is 3.21. The first kappa shape index (κ1) is 22.2. The summed E-state index contributed by atoms with van der Waals surface area (Å²) in [7, 11) is 3.17. The Morgan fingerprint density at radius 3 is 2.66 bits per heavy atom. The molecule has 0 bridgehead atoms. The average molecular weight is 478 g/mol. The van der Waals surface area contributed by atoms with Crippen molar-refractivity contribution in [2.75, 3.05) is 49.3 Å². The highest BCUT2D eigenvalue weighted by atomic mass is 32.2. The van der Waals surface area contributed by atoms with Crippen molar-refractivity contribution in [3.8, 4) is 22.5 Å². The van der Waals surface area contributed by atoms with Crippen molar-refractivity contribution in [1.29, 1.82) is 0 Å². The lowest BCUT2D eigenvalue weighted by Crippen LogP contribution is -2.41. The maximum absolute atomic E-state index is 14.6. The normalized spacial score (nSPS) is 14.4. The van der Waals surface area contributed by atoms with Gasteiger partial charge in [0, 0.05) is 19.7 Å². The first-order valence-electron chi connectivity index (χ1n) is 9.57. The van der Waals surface area contributed by atoms with Crippen LogP contribution in [-0.4, -0.2) is 74.0 Å². The topological polar surface area (TPSA) is 133 Å². The molecule has 0 unspecified atom stereocenters. The van der Waals surface area contributed by atoms with E-state index in [4.69, 9.17) is 10.5 Å². The van der Waals surface area contributed by atoms with Gasteiger partial charge in [-0.3, -0.25) is 4.79 Å². The summed E-state index contributed by atoms with van der Waals surface area (Å²) in [4.78, 5) is 33.0. The number of amides is 1. The van der Waals surface area contributed by atoms with Gasteiger partial charge in [-0.1, -0.05) is 22.5 Å². The molecule has 3 aromatic rings. The lowest BCUT2D eigenvalue weighted by atomic mass is 10.2. The van der Waals surface area contributed by atoms with E-state index < -0.39 is 17.0 Å². The molecule has 1 aromatic carbocycles. The number of rotatable bonds is 5. The highest BCUT2D eigenvalue weighted by Crippen LogP contribution is 2.30. The molecule has 32 heavy (non-hydrogen) atoms. The van der Waals surface area contributed by atoms with Gasteiger partial charge in [0.25, 0.3) is 5.91 Å².